The number of hydrogen-bond donors (Lipinski definition) is 2. The first-order valence-corrected chi connectivity index (χ1v) is 6.87. The third-order valence-electron chi connectivity index (χ3n) is 3.41. The number of amides is 2. The van der Waals surface area contributed by atoms with E-state index in [2.05, 4.69) is 10.6 Å². The average molecular weight is 284 g/mol. The number of carbonyl (C=O) groups is 1. The average Bonchev–Trinajstić information content (AvgIpc) is 2.46. The van der Waals surface area contributed by atoms with Gasteiger partial charge in [-0.25, -0.2) is 4.79 Å². The maximum absolute atomic E-state index is 11.8. The van der Waals surface area contributed by atoms with E-state index in [0.29, 0.717) is 0 Å². The highest BCUT2D eigenvalue weighted by Crippen LogP contribution is 2.20. The fourth-order valence-electron chi connectivity index (χ4n) is 1.94. The van der Waals surface area contributed by atoms with Gasteiger partial charge in [0.2, 0.25) is 0 Å². The lowest BCUT2D eigenvalue weighted by Gasteiger charge is -2.13. The third-order valence-corrected chi connectivity index (χ3v) is 3.41. The Bertz CT molecular complexity index is 638. The largest absolute Gasteiger partial charge is 0.473 e. The number of benzene rings is 2. The number of urea groups is 1. The zero-order valence-corrected chi connectivity index (χ0v) is 12.6. The highest BCUT2D eigenvalue weighted by atomic mass is 16.5. The number of nitrogens with one attached hydrogen (secondary N) is 2. The van der Waals surface area contributed by atoms with Crippen molar-refractivity contribution in [1.29, 1.82) is 0 Å². The van der Waals surface area contributed by atoms with Gasteiger partial charge in [-0.3, -0.25) is 0 Å². The van der Waals surface area contributed by atoms with Crippen LogP contribution in [0.15, 0.2) is 42.5 Å². The Balaban J connectivity index is 1.85. The summed E-state index contributed by atoms with van der Waals surface area (Å²) in [6, 6.07) is 13.2. The lowest BCUT2D eigenvalue weighted by atomic mass is 10.1. The molecule has 0 spiro atoms. The van der Waals surface area contributed by atoms with Crippen molar-refractivity contribution >= 4 is 11.7 Å². The Labute approximate surface area is 125 Å². The molecule has 0 fully saturated rings. The molecule has 0 atom stereocenters. The fourth-order valence-corrected chi connectivity index (χ4v) is 1.94. The van der Waals surface area contributed by atoms with Crippen LogP contribution >= 0.6 is 0 Å². The molecule has 0 aromatic heterocycles. The zero-order valence-electron chi connectivity index (χ0n) is 12.6. The number of carbonyl (C=O) groups excluding carboxylic acids is 1. The van der Waals surface area contributed by atoms with E-state index < -0.39 is 0 Å². The second-order valence-electron chi connectivity index (χ2n) is 4.93. The van der Waals surface area contributed by atoms with Crippen LogP contribution in [0.25, 0.3) is 0 Å². The first-order chi connectivity index (χ1) is 10.1. The lowest BCUT2D eigenvalue weighted by Crippen LogP contribution is -2.32. The van der Waals surface area contributed by atoms with Crippen LogP contribution in [0, 0.1) is 20.8 Å². The van der Waals surface area contributed by atoms with E-state index >= 15 is 0 Å². The first-order valence-electron chi connectivity index (χ1n) is 6.87. The van der Waals surface area contributed by atoms with Crippen LogP contribution in [0.3, 0.4) is 0 Å². The monoisotopic (exact) mass is 284 g/mol. The molecule has 0 radical (unpaired) electrons. The second-order valence-corrected chi connectivity index (χ2v) is 4.93. The van der Waals surface area contributed by atoms with Crippen molar-refractivity contribution in [3.05, 3.63) is 59.2 Å². The van der Waals surface area contributed by atoms with Crippen molar-refractivity contribution in [3.63, 3.8) is 0 Å². The second kappa shape index (κ2) is 6.79. The minimum Gasteiger partial charge on any atom is -0.473 e. The van der Waals surface area contributed by atoms with Gasteiger partial charge in [-0.05, 0) is 49.6 Å². The van der Waals surface area contributed by atoms with E-state index in [-0.39, 0.29) is 12.8 Å². The summed E-state index contributed by atoms with van der Waals surface area (Å²) in [6.45, 7) is 6.10. The summed E-state index contributed by atoms with van der Waals surface area (Å²) in [4.78, 5) is 11.8. The molecule has 2 rings (SSSR count). The molecule has 2 amide bonds. The van der Waals surface area contributed by atoms with Gasteiger partial charge < -0.3 is 15.4 Å². The molecular weight excluding hydrogens is 264 g/mol. The predicted octanol–water partition coefficient (Wildman–Crippen LogP) is 3.77. The summed E-state index contributed by atoms with van der Waals surface area (Å²) in [5, 5.41) is 5.47. The zero-order chi connectivity index (χ0) is 15.2. The molecule has 4 nitrogen and oxygen atoms in total. The van der Waals surface area contributed by atoms with Crippen LogP contribution in [-0.2, 0) is 0 Å². The molecule has 2 aromatic carbocycles. The molecule has 2 aromatic rings. The normalized spacial score (nSPS) is 10.0. The Kier molecular flexibility index (Phi) is 4.82. The number of ether oxygens (including phenoxy) is 1. The van der Waals surface area contributed by atoms with Gasteiger partial charge in [-0.1, -0.05) is 30.3 Å². The first kappa shape index (κ1) is 14.9. The standard InChI is InChI=1S/C17H20N2O2/c1-12-8-6-10-16(14(12)3)21-11-18-17(20)19-15-9-5-4-7-13(15)2/h4-10H,11H2,1-3H3,(H2,18,19,20). The molecule has 2 N–H and O–H groups in total. The predicted molar refractivity (Wildman–Crippen MR) is 84.7 cm³/mol. The summed E-state index contributed by atoms with van der Waals surface area (Å²) >= 11 is 0. The number of hydrogen-bond acceptors (Lipinski definition) is 2. The summed E-state index contributed by atoms with van der Waals surface area (Å²) in [6.07, 6.45) is 0. The van der Waals surface area contributed by atoms with Crippen LogP contribution in [0.2, 0.25) is 0 Å². The molecule has 110 valence electrons. The summed E-state index contributed by atoms with van der Waals surface area (Å²) in [7, 11) is 0. The van der Waals surface area contributed by atoms with Gasteiger partial charge in [-0.2, -0.15) is 0 Å². The topological polar surface area (TPSA) is 50.4 Å². The summed E-state index contributed by atoms with van der Waals surface area (Å²) in [5.41, 5.74) is 4.06. The highest BCUT2D eigenvalue weighted by molar-refractivity contribution is 5.89. The Morgan fingerprint density at radius 1 is 1.00 bits per heavy atom. The quantitative estimate of drug-likeness (QED) is 0.840. The molecule has 0 saturated carbocycles. The van der Waals surface area contributed by atoms with Crippen molar-refractivity contribution < 1.29 is 9.53 Å². The number of aryl methyl sites for hydroxylation is 2. The van der Waals surface area contributed by atoms with Crippen molar-refractivity contribution in [2.45, 2.75) is 20.8 Å². The van der Waals surface area contributed by atoms with Crippen LogP contribution in [0.5, 0.6) is 5.75 Å². The highest BCUT2D eigenvalue weighted by Gasteiger charge is 2.05. The molecular formula is C17H20N2O2. The minimum atomic E-state index is -0.283. The lowest BCUT2D eigenvalue weighted by molar-refractivity contribution is 0.234. The Morgan fingerprint density at radius 2 is 1.71 bits per heavy atom. The molecule has 0 aliphatic heterocycles. The van der Waals surface area contributed by atoms with Gasteiger partial charge in [0.1, 0.15) is 5.75 Å². The Hall–Kier alpha value is -2.49. The van der Waals surface area contributed by atoms with Crippen molar-refractivity contribution in [1.82, 2.24) is 5.32 Å². The molecule has 0 unspecified atom stereocenters. The SMILES string of the molecule is Cc1ccccc1NC(=O)NCOc1cccc(C)c1C. The molecule has 0 heterocycles. The van der Waals surface area contributed by atoms with Crippen LogP contribution < -0.4 is 15.4 Å². The van der Waals surface area contributed by atoms with E-state index in [1.165, 1.54) is 0 Å². The van der Waals surface area contributed by atoms with Crippen LogP contribution in [-0.4, -0.2) is 12.8 Å². The fraction of sp³-hybridized carbons (Fsp3) is 0.235. The summed E-state index contributed by atoms with van der Waals surface area (Å²) < 4.78 is 5.58. The van der Waals surface area contributed by atoms with Gasteiger partial charge in [-0.15, -0.1) is 0 Å². The van der Waals surface area contributed by atoms with Crippen LogP contribution in [0.4, 0.5) is 10.5 Å². The number of anilines is 1. The maximum atomic E-state index is 11.8. The van der Waals surface area contributed by atoms with Gasteiger partial charge >= 0.3 is 6.03 Å². The molecule has 4 heteroatoms. The van der Waals surface area contributed by atoms with E-state index in [4.69, 9.17) is 4.74 Å². The number of para-hydroxylation sites is 1. The van der Waals surface area contributed by atoms with Gasteiger partial charge in [0.15, 0.2) is 6.73 Å². The molecule has 21 heavy (non-hydrogen) atoms. The molecule has 0 saturated heterocycles. The van der Waals surface area contributed by atoms with E-state index in [0.717, 1.165) is 28.1 Å². The van der Waals surface area contributed by atoms with E-state index in [9.17, 15) is 4.79 Å². The van der Waals surface area contributed by atoms with Crippen molar-refractivity contribution in [3.8, 4) is 5.75 Å². The molecule has 0 aliphatic carbocycles. The van der Waals surface area contributed by atoms with Gasteiger partial charge in [0.05, 0.1) is 0 Å². The van der Waals surface area contributed by atoms with Crippen molar-refractivity contribution in [2.24, 2.45) is 0 Å². The van der Waals surface area contributed by atoms with E-state index in [1.54, 1.807) is 0 Å². The smallest absolute Gasteiger partial charge is 0.321 e. The maximum Gasteiger partial charge on any atom is 0.321 e. The van der Waals surface area contributed by atoms with Crippen molar-refractivity contribution in [2.75, 3.05) is 12.0 Å². The minimum absolute atomic E-state index is 0.127. The van der Waals surface area contributed by atoms with E-state index in [1.807, 2.05) is 63.2 Å². The summed E-state index contributed by atoms with van der Waals surface area (Å²) in [5.74, 6) is 0.784. The Morgan fingerprint density at radius 3 is 2.48 bits per heavy atom. The van der Waals surface area contributed by atoms with Crippen LogP contribution in [0.1, 0.15) is 16.7 Å². The third kappa shape index (κ3) is 3.99. The van der Waals surface area contributed by atoms with Gasteiger partial charge in [0, 0.05) is 5.69 Å². The number of rotatable bonds is 4. The molecule has 0 bridgehead atoms. The molecule has 0 aliphatic rings. The van der Waals surface area contributed by atoms with Gasteiger partial charge in [0.25, 0.3) is 0 Å².